The van der Waals surface area contributed by atoms with Gasteiger partial charge in [-0.3, -0.25) is 4.79 Å². The van der Waals surface area contributed by atoms with Gasteiger partial charge in [-0.05, 0) is 30.4 Å². The highest BCUT2D eigenvalue weighted by atomic mass is 19.4. The summed E-state index contributed by atoms with van der Waals surface area (Å²) in [6.45, 7) is 2.04. The molecule has 1 amide bonds. The number of nitrogens with one attached hydrogen (secondary N) is 1. The van der Waals surface area contributed by atoms with Gasteiger partial charge in [-0.15, -0.1) is 13.2 Å². The van der Waals surface area contributed by atoms with Gasteiger partial charge in [0, 0.05) is 12.5 Å². The van der Waals surface area contributed by atoms with E-state index in [1.807, 2.05) is 6.92 Å². The van der Waals surface area contributed by atoms with Crippen LogP contribution in [0.2, 0.25) is 0 Å². The van der Waals surface area contributed by atoms with Crippen molar-refractivity contribution in [2.45, 2.75) is 38.6 Å². The molecule has 0 saturated heterocycles. The van der Waals surface area contributed by atoms with Crippen LogP contribution < -0.4 is 10.1 Å². The Balaban J connectivity index is 1.90. The van der Waals surface area contributed by atoms with E-state index in [0.717, 1.165) is 6.42 Å². The van der Waals surface area contributed by atoms with Crippen molar-refractivity contribution in [3.8, 4) is 5.75 Å². The lowest BCUT2D eigenvalue weighted by atomic mass is 10.1. The second-order valence-corrected chi connectivity index (χ2v) is 5.04. The van der Waals surface area contributed by atoms with E-state index in [9.17, 15) is 18.0 Å². The molecule has 1 aliphatic rings. The van der Waals surface area contributed by atoms with E-state index in [1.54, 1.807) is 6.07 Å². The van der Waals surface area contributed by atoms with Crippen LogP contribution in [0.5, 0.6) is 5.75 Å². The SMILES string of the molecule is CC1CC1NC(=O)CCc1ccccc1OC(F)(F)F. The monoisotopic (exact) mass is 287 g/mol. The molecular formula is C14H16F3NO2. The topological polar surface area (TPSA) is 38.3 Å². The van der Waals surface area contributed by atoms with Crippen LogP contribution in [0.4, 0.5) is 13.2 Å². The molecule has 1 aliphatic carbocycles. The quantitative estimate of drug-likeness (QED) is 0.904. The number of carbonyl (C=O) groups excluding carboxylic acids is 1. The first-order valence-corrected chi connectivity index (χ1v) is 6.48. The number of benzene rings is 1. The van der Waals surface area contributed by atoms with E-state index < -0.39 is 6.36 Å². The molecule has 1 N–H and O–H groups in total. The average molecular weight is 287 g/mol. The van der Waals surface area contributed by atoms with E-state index in [2.05, 4.69) is 10.1 Å². The second kappa shape index (κ2) is 5.73. The number of aryl methyl sites for hydroxylation is 1. The zero-order chi connectivity index (χ0) is 14.8. The van der Waals surface area contributed by atoms with Crippen molar-refractivity contribution in [1.82, 2.24) is 5.32 Å². The average Bonchev–Trinajstić information content (AvgIpc) is 3.01. The summed E-state index contributed by atoms with van der Waals surface area (Å²) in [4.78, 5) is 11.6. The van der Waals surface area contributed by atoms with E-state index in [0.29, 0.717) is 11.5 Å². The molecule has 0 aliphatic heterocycles. The Morgan fingerprint density at radius 3 is 2.65 bits per heavy atom. The molecule has 0 bridgehead atoms. The number of hydrogen-bond donors (Lipinski definition) is 1. The predicted octanol–water partition coefficient (Wildman–Crippen LogP) is 3.04. The predicted molar refractivity (Wildman–Crippen MR) is 67.2 cm³/mol. The summed E-state index contributed by atoms with van der Waals surface area (Å²) in [5.41, 5.74) is 0.379. The third kappa shape index (κ3) is 4.43. The van der Waals surface area contributed by atoms with Gasteiger partial charge < -0.3 is 10.1 Å². The fourth-order valence-corrected chi connectivity index (χ4v) is 1.98. The van der Waals surface area contributed by atoms with Crippen LogP contribution >= 0.6 is 0 Å². The fourth-order valence-electron chi connectivity index (χ4n) is 1.98. The maximum atomic E-state index is 12.2. The van der Waals surface area contributed by atoms with Crippen molar-refractivity contribution in [2.75, 3.05) is 0 Å². The van der Waals surface area contributed by atoms with Crippen molar-refractivity contribution >= 4 is 5.91 Å². The number of halogens is 3. The van der Waals surface area contributed by atoms with Crippen LogP contribution in [0, 0.1) is 5.92 Å². The molecule has 1 saturated carbocycles. The number of amides is 1. The number of carbonyl (C=O) groups is 1. The third-order valence-electron chi connectivity index (χ3n) is 3.28. The van der Waals surface area contributed by atoms with E-state index in [-0.39, 0.29) is 30.5 Å². The Labute approximate surface area is 115 Å². The number of ether oxygens (including phenoxy) is 1. The Kier molecular flexibility index (Phi) is 4.20. The number of rotatable bonds is 5. The largest absolute Gasteiger partial charge is 0.573 e. The molecule has 1 aromatic carbocycles. The van der Waals surface area contributed by atoms with Crippen LogP contribution in [-0.2, 0) is 11.2 Å². The van der Waals surface area contributed by atoms with Crippen molar-refractivity contribution in [3.05, 3.63) is 29.8 Å². The fraction of sp³-hybridized carbons (Fsp3) is 0.500. The number of hydrogen-bond acceptors (Lipinski definition) is 2. The molecule has 20 heavy (non-hydrogen) atoms. The highest BCUT2D eigenvalue weighted by Crippen LogP contribution is 2.29. The lowest BCUT2D eigenvalue weighted by Crippen LogP contribution is -2.26. The second-order valence-electron chi connectivity index (χ2n) is 5.04. The molecule has 0 radical (unpaired) electrons. The van der Waals surface area contributed by atoms with E-state index in [4.69, 9.17) is 0 Å². The van der Waals surface area contributed by atoms with Gasteiger partial charge in [0.25, 0.3) is 0 Å². The van der Waals surface area contributed by atoms with Gasteiger partial charge in [0.1, 0.15) is 5.75 Å². The highest BCUT2D eigenvalue weighted by Gasteiger charge is 2.34. The highest BCUT2D eigenvalue weighted by molar-refractivity contribution is 5.77. The molecule has 0 aromatic heterocycles. The zero-order valence-corrected chi connectivity index (χ0v) is 11.0. The van der Waals surface area contributed by atoms with E-state index in [1.165, 1.54) is 18.2 Å². The lowest BCUT2D eigenvalue weighted by molar-refractivity contribution is -0.274. The van der Waals surface area contributed by atoms with Crippen LogP contribution in [-0.4, -0.2) is 18.3 Å². The van der Waals surface area contributed by atoms with E-state index >= 15 is 0 Å². The maximum absolute atomic E-state index is 12.2. The first-order valence-electron chi connectivity index (χ1n) is 6.48. The minimum atomic E-state index is -4.72. The summed E-state index contributed by atoms with van der Waals surface area (Å²) >= 11 is 0. The summed E-state index contributed by atoms with van der Waals surface area (Å²) in [6.07, 6.45) is -3.37. The summed E-state index contributed by atoms with van der Waals surface area (Å²) in [5.74, 6) is 0.119. The lowest BCUT2D eigenvalue weighted by Gasteiger charge is -2.13. The minimum absolute atomic E-state index is 0.138. The van der Waals surface area contributed by atoms with Crippen LogP contribution in [0.1, 0.15) is 25.3 Å². The first kappa shape index (κ1) is 14.7. The Morgan fingerprint density at radius 1 is 1.40 bits per heavy atom. The van der Waals surface area contributed by atoms with Gasteiger partial charge in [0.2, 0.25) is 5.91 Å². The summed E-state index contributed by atoms with van der Waals surface area (Å²) in [7, 11) is 0. The molecule has 0 spiro atoms. The molecule has 2 atom stereocenters. The zero-order valence-electron chi connectivity index (χ0n) is 11.0. The van der Waals surface area contributed by atoms with Gasteiger partial charge in [-0.1, -0.05) is 25.1 Å². The maximum Gasteiger partial charge on any atom is 0.573 e. The van der Waals surface area contributed by atoms with Crippen LogP contribution in [0.3, 0.4) is 0 Å². The van der Waals surface area contributed by atoms with Crippen molar-refractivity contribution in [2.24, 2.45) is 5.92 Å². The summed E-state index contributed by atoms with van der Waals surface area (Å²) < 4.78 is 40.7. The van der Waals surface area contributed by atoms with Crippen LogP contribution in [0.25, 0.3) is 0 Å². The molecule has 0 heterocycles. The molecule has 6 heteroatoms. The molecule has 2 rings (SSSR count). The standard InChI is InChI=1S/C14H16F3NO2/c1-9-8-11(9)18-13(19)7-6-10-4-2-3-5-12(10)20-14(15,16)17/h2-5,9,11H,6-8H2,1H3,(H,18,19). The molecule has 2 unspecified atom stereocenters. The van der Waals surface area contributed by atoms with Gasteiger partial charge in [-0.25, -0.2) is 0 Å². The molecule has 110 valence electrons. The Hall–Kier alpha value is -1.72. The van der Waals surface area contributed by atoms with Crippen molar-refractivity contribution in [3.63, 3.8) is 0 Å². The molecule has 1 fully saturated rings. The molecule has 1 aromatic rings. The van der Waals surface area contributed by atoms with Gasteiger partial charge in [0.05, 0.1) is 0 Å². The molecule has 3 nitrogen and oxygen atoms in total. The third-order valence-corrected chi connectivity index (χ3v) is 3.28. The normalized spacial score (nSPS) is 21.4. The van der Waals surface area contributed by atoms with Gasteiger partial charge in [-0.2, -0.15) is 0 Å². The van der Waals surface area contributed by atoms with Crippen molar-refractivity contribution in [1.29, 1.82) is 0 Å². The summed E-state index contributed by atoms with van der Waals surface area (Å²) in [5, 5.41) is 2.84. The van der Waals surface area contributed by atoms with Gasteiger partial charge in [0.15, 0.2) is 0 Å². The summed E-state index contributed by atoms with van der Waals surface area (Å²) in [6, 6.07) is 6.11. The van der Waals surface area contributed by atoms with Crippen LogP contribution in [0.15, 0.2) is 24.3 Å². The first-order chi connectivity index (χ1) is 9.35. The van der Waals surface area contributed by atoms with Crippen molar-refractivity contribution < 1.29 is 22.7 Å². The minimum Gasteiger partial charge on any atom is -0.406 e. The molecular weight excluding hydrogens is 271 g/mol. The Morgan fingerprint density at radius 2 is 2.05 bits per heavy atom. The number of alkyl halides is 3. The Bertz CT molecular complexity index is 488. The number of para-hydroxylation sites is 1. The smallest absolute Gasteiger partial charge is 0.406 e. The van der Waals surface area contributed by atoms with Gasteiger partial charge >= 0.3 is 6.36 Å².